The summed E-state index contributed by atoms with van der Waals surface area (Å²) in [5, 5.41) is 2.62. The molecule has 0 aliphatic carbocycles. The first-order chi connectivity index (χ1) is 7.63. The number of hydrogen-bond donors (Lipinski definition) is 1. The zero-order chi connectivity index (χ0) is 13.3. The standard InChI is InChI=1S/C11H22N2O3Si/c1-11(2)9(14)13(10(15)12-11)8-16-6-7-17(3,4)5/h6-8H2,1-5H3,(H,12,15). The van der Waals surface area contributed by atoms with Crippen molar-refractivity contribution < 1.29 is 14.3 Å². The summed E-state index contributed by atoms with van der Waals surface area (Å²) in [4.78, 5) is 24.4. The summed E-state index contributed by atoms with van der Waals surface area (Å²) >= 11 is 0. The molecule has 1 aliphatic heterocycles. The molecule has 3 amide bonds. The Labute approximate surface area is 104 Å². The molecule has 1 saturated heterocycles. The lowest BCUT2D eigenvalue weighted by molar-refractivity contribution is -0.133. The van der Waals surface area contributed by atoms with Gasteiger partial charge in [-0.15, -0.1) is 0 Å². The minimum atomic E-state index is -1.13. The van der Waals surface area contributed by atoms with Gasteiger partial charge < -0.3 is 10.1 Å². The third-order valence-corrected chi connectivity index (χ3v) is 4.37. The number of imide groups is 1. The maximum absolute atomic E-state index is 11.8. The van der Waals surface area contributed by atoms with Crippen LogP contribution in [-0.2, 0) is 9.53 Å². The molecule has 5 nitrogen and oxygen atoms in total. The second-order valence-corrected chi connectivity index (χ2v) is 11.8. The fourth-order valence-corrected chi connectivity index (χ4v) is 2.23. The number of rotatable bonds is 5. The van der Waals surface area contributed by atoms with E-state index in [1.165, 1.54) is 0 Å². The van der Waals surface area contributed by atoms with Crippen LogP contribution in [0, 0.1) is 0 Å². The number of ether oxygens (including phenoxy) is 1. The highest BCUT2D eigenvalue weighted by Crippen LogP contribution is 2.16. The largest absolute Gasteiger partial charge is 0.361 e. The van der Waals surface area contributed by atoms with E-state index in [9.17, 15) is 9.59 Å². The monoisotopic (exact) mass is 258 g/mol. The Morgan fingerprint density at radius 3 is 2.29 bits per heavy atom. The summed E-state index contributed by atoms with van der Waals surface area (Å²) in [7, 11) is -1.13. The zero-order valence-corrected chi connectivity index (χ0v) is 12.3. The molecule has 1 rings (SSSR count). The predicted molar refractivity (Wildman–Crippen MR) is 68.4 cm³/mol. The van der Waals surface area contributed by atoms with Crippen molar-refractivity contribution in [3.63, 3.8) is 0 Å². The van der Waals surface area contributed by atoms with E-state index in [2.05, 4.69) is 25.0 Å². The van der Waals surface area contributed by atoms with Gasteiger partial charge in [0.25, 0.3) is 5.91 Å². The molecule has 98 valence electrons. The van der Waals surface area contributed by atoms with E-state index >= 15 is 0 Å². The van der Waals surface area contributed by atoms with Gasteiger partial charge in [-0.05, 0) is 19.9 Å². The van der Waals surface area contributed by atoms with Crippen LogP contribution in [0.3, 0.4) is 0 Å². The van der Waals surface area contributed by atoms with Crippen molar-refractivity contribution in [3.05, 3.63) is 0 Å². The molecule has 1 N–H and O–H groups in total. The van der Waals surface area contributed by atoms with Gasteiger partial charge in [-0.25, -0.2) is 9.69 Å². The van der Waals surface area contributed by atoms with Crippen LogP contribution in [0.4, 0.5) is 4.79 Å². The number of urea groups is 1. The highest BCUT2D eigenvalue weighted by molar-refractivity contribution is 6.76. The Morgan fingerprint density at radius 2 is 1.88 bits per heavy atom. The van der Waals surface area contributed by atoms with Crippen molar-refractivity contribution in [3.8, 4) is 0 Å². The lowest BCUT2D eigenvalue weighted by Gasteiger charge is -2.18. The van der Waals surface area contributed by atoms with E-state index in [1.807, 2.05) is 0 Å². The summed E-state index contributed by atoms with van der Waals surface area (Å²) in [6.07, 6.45) is 0. The Morgan fingerprint density at radius 1 is 1.29 bits per heavy atom. The molecule has 0 spiro atoms. The molecule has 0 radical (unpaired) electrons. The summed E-state index contributed by atoms with van der Waals surface area (Å²) in [6.45, 7) is 10.8. The molecule has 0 unspecified atom stereocenters. The first-order valence-corrected chi connectivity index (χ1v) is 9.56. The molecule has 0 aromatic rings. The van der Waals surface area contributed by atoms with Crippen molar-refractivity contribution in [2.45, 2.75) is 45.1 Å². The number of nitrogens with zero attached hydrogens (tertiary/aromatic N) is 1. The normalized spacial score (nSPS) is 19.7. The minimum absolute atomic E-state index is 0.0541. The fraction of sp³-hybridized carbons (Fsp3) is 0.818. The van der Waals surface area contributed by atoms with Crippen LogP contribution in [0.2, 0.25) is 25.7 Å². The number of hydrogen-bond acceptors (Lipinski definition) is 3. The molecule has 0 aromatic heterocycles. The third-order valence-electron chi connectivity index (χ3n) is 2.66. The molecule has 17 heavy (non-hydrogen) atoms. The quantitative estimate of drug-likeness (QED) is 0.463. The SMILES string of the molecule is CC1(C)NC(=O)N(COCC[Si](C)(C)C)C1=O. The van der Waals surface area contributed by atoms with Gasteiger partial charge in [0.05, 0.1) is 0 Å². The summed E-state index contributed by atoms with van der Waals surface area (Å²) < 4.78 is 5.41. The van der Waals surface area contributed by atoms with Crippen LogP contribution in [0.15, 0.2) is 0 Å². The number of nitrogens with one attached hydrogen (secondary N) is 1. The van der Waals surface area contributed by atoms with E-state index in [4.69, 9.17) is 4.74 Å². The Kier molecular flexibility index (Phi) is 3.98. The maximum Gasteiger partial charge on any atom is 0.326 e. The average molecular weight is 258 g/mol. The average Bonchev–Trinajstić information content (AvgIpc) is 2.31. The highest BCUT2D eigenvalue weighted by Gasteiger charge is 2.44. The van der Waals surface area contributed by atoms with Gasteiger partial charge in [0, 0.05) is 14.7 Å². The van der Waals surface area contributed by atoms with Crippen LogP contribution in [0.25, 0.3) is 0 Å². The number of carbonyl (C=O) groups is 2. The van der Waals surface area contributed by atoms with Crippen LogP contribution in [-0.4, -0.2) is 43.8 Å². The molecule has 6 heteroatoms. The van der Waals surface area contributed by atoms with Gasteiger partial charge in [0.2, 0.25) is 0 Å². The van der Waals surface area contributed by atoms with E-state index in [0.717, 1.165) is 10.9 Å². The van der Waals surface area contributed by atoms with Gasteiger partial charge >= 0.3 is 6.03 Å². The van der Waals surface area contributed by atoms with Crippen molar-refractivity contribution in [1.29, 1.82) is 0 Å². The van der Waals surface area contributed by atoms with E-state index in [0.29, 0.717) is 6.61 Å². The van der Waals surface area contributed by atoms with Gasteiger partial charge in [-0.2, -0.15) is 0 Å². The van der Waals surface area contributed by atoms with E-state index < -0.39 is 13.6 Å². The summed E-state index contributed by atoms with van der Waals surface area (Å²) in [5.41, 5.74) is -0.806. The highest BCUT2D eigenvalue weighted by atomic mass is 28.3. The van der Waals surface area contributed by atoms with Crippen molar-refractivity contribution >= 4 is 20.0 Å². The van der Waals surface area contributed by atoms with Crippen LogP contribution >= 0.6 is 0 Å². The molecule has 1 heterocycles. The number of amides is 3. The smallest absolute Gasteiger partial charge is 0.326 e. The van der Waals surface area contributed by atoms with Crippen molar-refractivity contribution in [1.82, 2.24) is 10.2 Å². The molecule has 0 atom stereocenters. The maximum atomic E-state index is 11.8. The van der Waals surface area contributed by atoms with Crippen LogP contribution in [0.1, 0.15) is 13.8 Å². The van der Waals surface area contributed by atoms with Crippen LogP contribution in [0.5, 0.6) is 0 Å². The van der Waals surface area contributed by atoms with Gasteiger partial charge in [-0.3, -0.25) is 4.79 Å². The topological polar surface area (TPSA) is 58.6 Å². The third kappa shape index (κ3) is 3.81. The molecule has 0 saturated carbocycles. The molecule has 0 bridgehead atoms. The zero-order valence-electron chi connectivity index (χ0n) is 11.3. The Balaban J connectivity index is 2.38. The van der Waals surface area contributed by atoms with E-state index in [1.54, 1.807) is 13.8 Å². The van der Waals surface area contributed by atoms with Crippen molar-refractivity contribution in [2.75, 3.05) is 13.3 Å². The molecule has 1 aliphatic rings. The minimum Gasteiger partial charge on any atom is -0.361 e. The molecule has 1 fully saturated rings. The van der Waals surface area contributed by atoms with Gasteiger partial charge in [0.1, 0.15) is 12.3 Å². The Bertz CT molecular complexity index is 323. The number of carbonyl (C=O) groups excluding carboxylic acids is 2. The van der Waals surface area contributed by atoms with Crippen LogP contribution < -0.4 is 5.32 Å². The summed E-state index contributed by atoms with van der Waals surface area (Å²) in [6, 6.07) is 0.660. The van der Waals surface area contributed by atoms with Gasteiger partial charge in [-0.1, -0.05) is 19.6 Å². The van der Waals surface area contributed by atoms with E-state index in [-0.39, 0.29) is 18.7 Å². The lowest BCUT2D eigenvalue weighted by atomic mass is 10.1. The van der Waals surface area contributed by atoms with Gasteiger partial charge in [0.15, 0.2) is 0 Å². The van der Waals surface area contributed by atoms with Crippen molar-refractivity contribution in [2.24, 2.45) is 0 Å². The molecular formula is C11H22N2O3Si. The lowest BCUT2D eigenvalue weighted by Crippen LogP contribution is -2.40. The predicted octanol–water partition coefficient (Wildman–Crippen LogP) is 1.63. The summed E-state index contributed by atoms with van der Waals surface area (Å²) in [5.74, 6) is -0.226. The second-order valence-electron chi connectivity index (χ2n) is 6.14. The molecular weight excluding hydrogens is 236 g/mol. The second kappa shape index (κ2) is 4.78. The first kappa shape index (κ1) is 14.2. The first-order valence-electron chi connectivity index (χ1n) is 5.85. The fourth-order valence-electron chi connectivity index (χ4n) is 1.47. The Hall–Kier alpha value is -0.883. The molecule has 0 aromatic carbocycles.